The van der Waals surface area contributed by atoms with E-state index >= 15 is 0 Å². The summed E-state index contributed by atoms with van der Waals surface area (Å²) in [6.07, 6.45) is 2.76. The summed E-state index contributed by atoms with van der Waals surface area (Å²) in [5, 5.41) is 15.8. The maximum Gasteiger partial charge on any atom is 1.00 e. The Kier molecular flexibility index (Phi) is 8.89. The Hall–Kier alpha value is -2.34. The Morgan fingerprint density at radius 1 is 1.07 bits per heavy atom. The molecule has 146 valence electrons. The second-order valence-electron chi connectivity index (χ2n) is 5.40. The molecule has 0 saturated heterocycles. The van der Waals surface area contributed by atoms with Crippen LogP contribution in [-0.4, -0.2) is 41.9 Å². The number of ether oxygens (including phenoxy) is 1. The summed E-state index contributed by atoms with van der Waals surface area (Å²) in [4.78, 5) is 8.98. The average Bonchev–Trinajstić information content (AvgIpc) is 3.13. The second-order valence-corrected chi connectivity index (χ2v) is 6.85. The minimum absolute atomic E-state index is 0. The molecule has 0 aliphatic carbocycles. The summed E-state index contributed by atoms with van der Waals surface area (Å²) in [6.45, 7) is 0. The monoisotopic (exact) mass is 424 g/mol. The summed E-state index contributed by atoms with van der Waals surface area (Å²) >= 11 is 0. The van der Waals surface area contributed by atoms with E-state index in [0.717, 1.165) is 10.1 Å². The van der Waals surface area contributed by atoms with Gasteiger partial charge in [-0.1, -0.05) is 24.3 Å². The normalized spacial score (nSPS) is 10.9. The van der Waals surface area contributed by atoms with Gasteiger partial charge >= 0.3 is 29.6 Å². The molecule has 11 heteroatoms. The van der Waals surface area contributed by atoms with Crippen LogP contribution in [0.3, 0.4) is 0 Å². The van der Waals surface area contributed by atoms with Crippen molar-refractivity contribution in [3.8, 4) is 22.9 Å². The van der Waals surface area contributed by atoms with Crippen molar-refractivity contribution in [2.45, 2.75) is 9.79 Å². The summed E-state index contributed by atoms with van der Waals surface area (Å²) in [6, 6.07) is 14.0. The minimum atomic E-state index is -1.37. The van der Waals surface area contributed by atoms with Crippen molar-refractivity contribution in [3.63, 3.8) is 0 Å². The number of fused-ring (bicyclic) bond motifs is 1. The van der Waals surface area contributed by atoms with E-state index in [1.54, 1.807) is 30.5 Å². The SMILES string of the molecule is COc1cc(-c2cnn3c([O-])ncnc23)ccc1S(=O)c1ccccc1.O.O.[Na+]. The van der Waals surface area contributed by atoms with Crippen molar-refractivity contribution >= 4 is 16.4 Å². The van der Waals surface area contributed by atoms with Gasteiger partial charge in [-0.15, -0.1) is 0 Å². The van der Waals surface area contributed by atoms with Gasteiger partial charge in [-0.05, 0) is 29.8 Å². The van der Waals surface area contributed by atoms with Crippen LogP contribution < -0.4 is 39.4 Å². The molecular formula is C18H17N4NaO5S. The first kappa shape index (κ1) is 24.7. The predicted octanol–water partition coefficient (Wildman–Crippen LogP) is -2.61. The fourth-order valence-electron chi connectivity index (χ4n) is 2.66. The fraction of sp³-hybridized carbons (Fsp3) is 0.0556. The molecule has 1 unspecified atom stereocenters. The number of rotatable bonds is 4. The molecule has 2 heterocycles. The van der Waals surface area contributed by atoms with Gasteiger partial charge in [0.25, 0.3) is 0 Å². The van der Waals surface area contributed by atoms with Crippen molar-refractivity contribution in [2.24, 2.45) is 0 Å². The molecule has 1 atom stereocenters. The van der Waals surface area contributed by atoms with Crippen LogP contribution in [0.2, 0.25) is 0 Å². The van der Waals surface area contributed by atoms with Gasteiger partial charge in [0.15, 0.2) is 5.65 Å². The maximum absolute atomic E-state index is 12.8. The number of hydrogen-bond acceptors (Lipinski definition) is 6. The van der Waals surface area contributed by atoms with Crippen molar-refractivity contribution in [3.05, 3.63) is 61.1 Å². The van der Waals surface area contributed by atoms with Crippen molar-refractivity contribution in [2.75, 3.05) is 7.11 Å². The first-order valence-corrected chi connectivity index (χ1v) is 8.85. The summed E-state index contributed by atoms with van der Waals surface area (Å²) in [5.41, 5.74) is 1.83. The van der Waals surface area contributed by atoms with E-state index in [0.29, 0.717) is 26.8 Å². The van der Waals surface area contributed by atoms with Gasteiger partial charge < -0.3 is 20.8 Å². The molecule has 0 bridgehead atoms. The smallest absolute Gasteiger partial charge is 0.844 e. The largest absolute Gasteiger partial charge is 1.00 e. The quantitative estimate of drug-likeness (QED) is 0.327. The van der Waals surface area contributed by atoms with E-state index in [-0.39, 0.29) is 40.5 Å². The molecule has 2 aromatic carbocycles. The van der Waals surface area contributed by atoms with Crippen LogP contribution in [-0.2, 0) is 10.8 Å². The summed E-state index contributed by atoms with van der Waals surface area (Å²) in [5.74, 6) is 0.487. The fourth-order valence-corrected chi connectivity index (χ4v) is 3.83. The Labute approximate surface area is 190 Å². The molecule has 0 radical (unpaired) electrons. The maximum atomic E-state index is 12.8. The number of nitrogens with zero attached hydrogens (tertiary/aromatic N) is 4. The van der Waals surface area contributed by atoms with E-state index in [1.807, 2.05) is 24.3 Å². The molecule has 0 fully saturated rings. The molecular weight excluding hydrogens is 407 g/mol. The zero-order valence-electron chi connectivity index (χ0n) is 15.7. The van der Waals surface area contributed by atoms with Gasteiger partial charge in [-0.3, -0.25) is 0 Å². The van der Waals surface area contributed by atoms with E-state index < -0.39 is 16.8 Å². The van der Waals surface area contributed by atoms with Gasteiger partial charge in [0.1, 0.15) is 12.1 Å². The van der Waals surface area contributed by atoms with Crippen molar-refractivity contribution < 1.29 is 54.6 Å². The molecule has 0 aliphatic heterocycles. The Bertz CT molecular complexity index is 1120. The Morgan fingerprint density at radius 2 is 1.79 bits per heavy atom. The Morgan fingerprint density at radius 3 is 2.48 bits per heavy atom. The van der Waals surface area contributed by atoms with Crippen LogP contribution >= 0.6 is 0 Å². The van der Waals surface area contributed by atoms with Crippen LogP contribution in [0.4, 0.5) is 0 Å². The van der Waals surface area contributed by atoms with Crippen LogP contribution in [0.25, 0.3) is 16.8 Å². The zero-order chi connectivity index (χ0) is 18.1. The van der Waals surface area contributed by atoms with Crippen LogP contribution in [0, 0.1) is 0 Å². The molecule has 4 aromatic rings. The van der Waals surface area contributed by atoms with Crippen molar-refractivity contribution in [1.82, 2.24) is 19.6 Å². The third-order valence-corrected chi connectivity index (χ3v) is 5.34. The van der Waals surface area contributed by atoms with E-state index in [4.69, 9.17) is 4.74 Å². The van der Waals surface area contributed by atoms with Gasteiger partial charge in [0.2, 0.25) is 0 Å². The van der Waals surface area contributed by atoms with Gasteiger partial charge in [0.05, 0.1) is 35.0 Å². The number of benzene rings is 2. The Balaban J connectivity index is 0.00000140. The molecule has 0 saturated carbocycles. The molecule has 9 nitrogen and oxygen atoms in total. The van der Waals surface area contributed by atoms with Crippen LogP contribution in [0.15, 0.2) is 70.8 Å². The predicted molar refractivity (Wildman–Crippen MR) is 101 cm³/mol. The van der Waals surface area contributed by atoms with E-state index in [2.05, 4.69) is 15.1 Å². The topological polar surface area (TPSA) is 155 Å². The molecule has 29 heavy (non-hydrogen) atoms. The number of methoxy groups -OCH3 is 1. The van der Waals surface area contributed by atoms with E-state index in [1.165, 1.54) is 13.4 Å². The first-order chi connectivity index (χ1) is 12.7. The molecule has 0 aliphatic rings. The van der Waals surface area contributed by atoms with Crippen molar-refractivity contribution in [1.29, 1.82) is 0 Å². The standard InChI is InChI=1S/C18H14N4O3S.Na.2H2O/c1-25-15-9-12(14-10-21-22-17(14)19-11-20-18(22)23)7-8-16(15)26(24)13-5-3-2-4-6-13;;;/h2-11H,1H3,(H,19,20,23);;2*1H2/q;+1;;/p-1. The van der Waals surface area contributed by atoms with Gasteiger partial charge in [-0.25, -0.2) is 18.7 Å². The number of hydrogen-bond donors (Lipinski definition) is 0. The van der Waals surface area contributed by atoms with Gasteiger partial charge in [0, 0.05) is 10.5 Å². The molecule has 4 rings (SSSR count). The molecule has 4 N–H and O–H groups in total. The molecule has 2 aromatic heterocycles. The van der Waals surface area contributed by atoms with Crippen LogP contribution in [0.5, 0.6) is 11.8 Å². The average molecular weight is 424 g/mol. The minimum Gasteiger partial charge on any atom is -0.844 e. The van der Waals surface area contributed by atoms with E-state index in [9.17, 15) is 9.32 Å². The third-order valence-electron chi connectivity index (χ3n) is 3.90. The molecule has 0 amide bonds. The summed E-state index contributed by atoms with van der Waals surface area (Å²) in [7, 11) is 0.161. The van der Waals surface area contributed by atoms with Crippen LogP contribution in [0.1, 0.15) is 0 Å². The second kappa shape index (κ2) is 10.4. The molecule has 0 spiro atoms. The third kappa shape index (κ3) is 4.64. The summed E-state index contributed by atoms with van der Waals surface area (Å²) < 4.78 is 19.4. The zero-order valence-corrected chi connectivity index (χ0v) is 18.5. The first-order valence-electron chi connectivity index (χ1n) is 7.70. The van der Waals surface area contributed by atoms with Gasteiger partial charge in [-0.2, -0.15) is 5.10 Å². The number of aromatic nitrogens is 4.